The van der Waals surface area contributed by atoms with Crippen molar-refractivity contribution >= 4 is 55.0 Å². The number of aromatic amines is 2. The van der Waals surface area contributed by atoms with Crippen molar-refractivity contribution in [1.82, 2.24) is 29.9 Å². The molecule has 0 fully saturated rings. The van der Waals surface area contributed by atoms with Gasteiger partial charge in [0.1, 0.15) is 5.75 Å². The second kappa shape index (κ2) is 12.6. The molecule has 6 aromatic rings. The highest BCUT2D eigenvalue weighted by molar-refractivity contribution is 7.98. The lowest BCUT2D eigenvalue weighted by Gasteiger charge is -2.05. The Morgan fingerprint density at radius 3 is 1.84 bits per heavy atom. The van der Waals surface area contributed by atoms with Crippen LogP contribution in [0.4, 0.5) is 11.4 Å². The van der Waals surface area contributed by atoms with Crippen molar-refractivity contribution in [1.29, 1.82) is 0 Å². The van der Waals surface area contributed by atoms with E-state index in [9.17, 15) is 28.6 Å². The number of imidazole rings is 2. The smallest absolute Gasteiger partial charge is 0.275 e. The number of pyridine rings is 2. The SMILES string of the molecule is Cc1c([N+](=O)[O-])ccnc1CS(=O)(=O)c1nc2ccccc2[nH]1.Cc1c([N+](=O)[O-])ccnc1CSc1nc2ccccc2[nH]1. The maximum Gasteiger partial charge on any atom is 0.275 e. The number of aromatic nitrogens is 6. The van der Waals surface area contributed by atoms with Gasteiger partial charge in [0.25, 0.3) is 11.4 Å². The number of thioether (sulfide) groups is 1. The standard InChI is InChI=1S/C14H12N4O4S.C14H12N4O2S/c1-9-12(15-7-6-13(9)18(19)20)8-23(21,22)14-16-10-4-2-3-5-11(10)17-14;1-9-12(15-7-6-13(9)18(19)20)8-21-14-16-10-4-2-3-5-11(10)17-14/h2-7H,8H2,1H3,(H,16,17);2-7H,8H2,1H3,(H,16,17). The Kier molecular flexibility index (Phi) is 8.64. The molecule has 0 atom stereocenters. The molecule has 44 heavy (non-hydrogen) atoms. The first kappa shape index (κ1) is 30.2. The Bertz CT molecular complexity index is 2060. The average molecular weight is 633 g/mol. The first-order chi connectivity index (χ1) is 21.0. The molecule has 0 aliphatic rings. The van der Waals surface area contributed by atoms with Gasteiger partial charge in [0.05, 0.1) is 43.3 Å². The molecule has 2 aromatic carbocycles. The molecule has 14 nitrogen and oxygen atoms in total. The van der Waals surface area contributed by atoms with Crippen molar-refractivity contribution < 1.29 is 18.3 Å². The Balaban J connectivity index is 0.000000175. The van der Waals surface area contributed by atoms with E-state index in [2.05, 4.69) is 29.9 Å². The van der Waals surface area contributed by atoms with Crippen LogP contribution in [0.15, 0.2) is 83.4 Å². The summed E-state index contributed by atoms with van der Waals surface area (Å²) in [5, 5.41) is 22.5. The molecule has 0 bridgehead atoms. The molecule has 4 aromatic heterocycles. The van der Waals surface area contributed by atoms with Crippen LogP contribution in [0.25, 0.3) is 22.1 Å². The van der Waals surface area contributed by atoms with Gasteiger partial charge in [0.2, 0.25) is 15.0 Å². The predicted molar refractivity (Wildman–Crippen MR) is 164 cm³/mol. The van der Waals surface area contributed by atoms with Gasteiger partial charge in [-0.1, -0.05) is 36.0 Å². The molecule has 0 aliphatic heterocycles. The fourth-order valence-corrected chi connectivity index (χ4v) is 6.48. The van der Waals surface area contributed by atoms with E-state index in [0.29, 0.717) is 28.0 Å². The van der Waals surface area contributed by atoms with Gasteiger partial charge in [-0.3, -0.25) is 30.2 Å². The van der Waals surface area contributed by atoms with Crippen molar-refractivity contribution in [3.05, 3.63) is 116 Å². The summed E-state index contributed by atoms with van der Waals surface area (Å²) in [5.74, 6) is 0.0771. The number of hydrogen-bond acceptors (Lipinski definition) is 11. The number of fused-ring (bicyclic) bond motifs is 2. The topological polar surface area (TPSA) is 204 Å². The van der Waals surface area contributed by atoms with Crippen molar-refractivity contribution in [2.75, 3.05) is 0 Å². The van der Waals surface area contributed by atoms with Crippen LogP contribution < -0.4 is 0 Å². The molecule has 0 spiro atoms. The number of H-pyrrole nitrogens is 2. The third-order valence-corrected chi connectivity index (χ3v) is 8.98. The lowest BCUT2D eigenvalue weighted by atomic mass is 10.2. The minimum Gasteiger partial charge on any atom is -0.333 e. The summed E-state index contributed by atoms with van der Waals surface area (Å²) in [6.45, 7) is 3.20. The second-order valence-electron chi connectivity index (χ2n) is 9.48. The number of rotatable bonds is 8. The lowest BCUT2D eigenvalue weighted by molar-refractivity contribution is -0.385. The Morgan fingerprint density at radius 1 is 0.750 bits per heavy atom. The zero-order valence-electron chi connectivity index (χ0n) is 23.3. The number of hydrogen-bond donors (Lipinski definition) is 2. The highest BCUT2D eigenvalue weighted by atomic mass is 32.2. The summed E-state index contributed by atoms with van der Waals surface area (Å²) < 4.78 is 25.0. The zero-order valence-corrected chi connectivity index (χ0v) is 24.9. The molecular formula is C28H24N8O6S2. The van der Waals surface area contributed by atoms with Crippen LogP contribution in [0.1, 0.15) is 22.5 Å². The molecule has 6 rings (SSSR count). The van der Waals surface area contributed by atoms with Gasteiger partial charge in [-0.2, -0.15) is 0 Å². The summed E-state index contributed by atoms with van der Waals surface area (Å²) in [5.41, 5.74) is 4.65. The fraction of sp³-hybridized carbons (Fsp3) is 0.143. The summed E-state index contributed by atoms with van der Waals surface area (Å²) in [7, 11) is -3.79. The van der Waals surface area contributed by atoms with E-state index in [-0.39, 0.29) is 32.7 Å². The van der Waals surface area contributed by atoms with E-state index in [1.165, 1.54) is 43.2 Å². The summed E-state index contributed by atoms with van der Waals surface area (Å²) >= 11 is 1.48. The van der Waals surface area contributed by atoms with Crippen LogP contribution in [-0.2, 0) is 21.3 Å². The second-order valence-corrected chi connectivity index (χ2v) is 12.4. The third kappa shape index (κ3) is 6.55. The molecule has 0 radical (unpaired) electrons. The van der Waals surface area contributed by atoms with Crippen molar-refractivity contribution in [3.63, 3.8) is 0 Å². The van der Waals surface area contributed by atoms with Crippen LogP contribution in [0, 0.1) is 34.1 Å². The minimum absolute atomic E-state index is 0.102. The molecule has 0 unspecified atom stereocenters. The van der Waals surface area contributed by atoms with E-state index >= 15 is 0 Å². The average Bonchev–Trinajstić information content (AvgIpc) is 3.62. The van der Waals surface area contributed by atoms with Crippen LogP contribution in [0.3, 0.4) is 0 Å². The third-order valence-electron chi connectivity index (χ3n) is 6.66. The molecule has 2 N–H and O–H groups in total. The molecule has 4 heterocycles. The Hall–Kier alpha value is -5.22. The monoisotopic (exact) mass is 632 g/mol. The maximum atomic E-state index is 12.5. The first-order valence-corrected chi connectivity index (χ1v) is 15.6. The number of para-hydroxylation sites is 4. The predicted octanol–water partition coefficient (Wildman–Crippen LogP) is 5.62. The van der Waals surface area contributed by atoms with Crippen molar-refractivity contribution in [3.8, 4) is 0 Å². The largest absolute Gasteiger partial charge is 0.333 e. The molecular weight excluding hydrogens is 608 g/mol. The summed E-state index contributed by atoms with van der Waals surface area (Å²) in [6.07, 6.45) is 2.70. The van der Waals surface area contributed by atoms with Crippen LogP contribution in [-0.4, -0.2) is 48.2 Å². The van der Waals surface area contributed by atoms with Crippen LogP contribution in [0.5, 0.6) is 0 Å². The van der Waals surface area contributed by atoms with Crippen LogP contribution in [0.2, 0.25) is 0 Å². The van der Waals surface area contributed by atoms with Gasteiger partial charge in [-0.05, 0) is 38.1 Å². The zero-order chi connectivity index (χ0) is 31.4. The minimum atomic E-state index is -3.79. The maximum absolute atomic E-state index is 12.5. The fourth-order valence-electron chi connectivity index (χ4n) is 4.28. The molecule has 0 amide bonds. The molecule has 0 aliphatic carbocycles. The number of nitro groups is 2. The van der Waals surface area contributed by atoms with E-state index in [0.717, 1.165) is 16.2 Å². The normalized spacial score (nSPS) is 11.3. The van der Waals surface area contributed by atoms with E-state index in [1.807, 2.05) is 24.3 Å². The lowest BCUT2D eigenvalue weighted by Crippen LogP contribution is -2.10. The number of sulfone groups is 1. The van der Waals surface area contributed by atoms with Gasteiger partial charge >= 0.3 is 0 Å². The Morgan fingerprint density at radius 2 is 1.27 bits per heavy atom. The van der Waals surface area contributed by atoms with Gasteiger partial charge in [0.15, 0.2) is 5.16 Å². The van der Waals surface area contributed by atoms with Crippen molar-refractivity contribution in [2.45, 2.75) is 35.7 Å². The quantitative estimate of drug-likeness (QED) is 0.120. The van der Waals surface area contributed by atoms with Gasteiger partial charge in [-0.25, -0.2) is 18.4 Å². The first-order valence-electron chi connectivity index (χ1n) is 13.0. The summed E-state index contributed by atoms with van der Waals surface area (Å²) in [4.78, 5) is 43.6. The molecule has 0 saturated heterocycles. The van der Waals surface area contributed by atoms with E-state index in [4.69, 9.17) is 0 Å². The number of benzene rings is 2. The highest BCUT2D eigenvalue weighted by Crippen LogP contribution is 2.27. The van der Waals surface area contributed by atoms with E-state index in [1.54, 1.807) is 31.2 Å². The summed E-state index contributed by atoms with van der Waals surface area (Å²) in [6, 6.07) is 17.4. The highest BCUT2D eigenvalue weighted by Gasteiger charge is 2.24. The number of nitrogens with zero attached hydrogens (tertiary/aromatic N) is 6. The molecule has 16 heteroatoms. The number of nitrogens with one attached hydrogen (secondary N) is 2. The Labute approximate surface area is 254 Å². The molecule has 0 saturated carbocycles. The van der Waals surface area contributed by atoms with Gasteiger partial charge in [-0.15, -0.1) is 0 Å². The van der Waals surface area contributed by atoms with Gasteiger partial charge < -0.3 is 9.97 Å². The van der Waals surface area contributed by atoms with Crippen LogP contribution >= 0.6 is 11.8 Å². The van der Waals surface area contributed by atoms with Gasteiger partial charge in [0, 0.05) is 41.4 Å². The van der Waals surface area contributed by atoms with Crippen molar-refractivity contribution in [2.24, 2.45) is 0 Å². The van der Waals surface area contributed by atoms with E-state index < -0.39 is 20.5 Å². The molecule has 224 valence electrons.